The summed E-state index contributed by atoms with van der Waals surface area (Å²) in [6, 6.07) is 6.89. The summed E-state index contributed by atoms with van der Waals surface area (Å²) in [4.78, 5) is 10.8. The van der Waals surface area contributed by atoms with Crippen molar-refractivity contribution in [1.29, 1.82) is 0 Å². The summed E-state index contributed by atoms with van der Waals surface area (Å²) in [6.45, 7) is 1.80. The fraction of sp³-hybridized carbons (Fsp3) is 0.0714. The number of rotatable bonds is 3. The van der Waals surface area contributed by atoms with Gasteiger partial charge in [0.05, 0.1) is 11.3 Å². The number of halogens is 2. The molecule has 0 amide bonds. The van der Waals surface area contributed by atoms with E-state index >= 15 is 0 Å². The van der Waals surface area contributed by atoms with Gasteiger partial charge in [-0.25, -0.2) is 9.18 Å². The van der Waals surface area contributed by atoms with Crippen LogP contribution in [0, 0.1) is 12.7 Å². The van der Waals surface area contributed by atoms with Crippen LogP contribution in [0.4, 0.5) is 10.1 Å². The van der Waals surface area contributed by atoms with Crippen LogP contribution in [-0.4, -0.2) is 11.1 Å². The third-order valence-corrected chi connectivity index (χ3v) is 3.11. The highest BCUT2D eigenvalue weighted by molar-refractivity contribution is 6.31. The van der Waals surface area contributed by atoms with Gasteiger partial charge >= 0.3 is 5.97 Å². The van der Waals surface area contributed by atoms with Crippen molar-refractivity contribution in [2.45, 2.75) is 6.92 Å². The third kappa shape index (κ3) is 2.83. The van der Waals surface area contributed by atoms with Crippen molar-refractivity contribution in [3.05, 3.63) is 52.3 Å². The van der Waals surface area contributed by atoms with Crippen molar-refractivity contribution in [3.8, 4) is 11.5 Å². The zero-order chi connectivity index (χ0) is 14.9. The molecule has 0 unspecified atom stereocenters. The monoisotopic (exact) mass is 295 g/mol. The second kappa shape index (κ2) is 5.38. The SMILES string of the molecule is Cc1cc(Oc2cc(F)c(C(=O)O)cc2N)ccc1Cl. The minimum Gasteiger partial charge on any atom is -0.478 e. The Morgan fingerprint density at radius 2 is 2.05 bits per heavy atom. The van der Waals surface area contributed by atoms with Gasteiger partial charge < -0.3 is 15.6 Å². The molecule has 0 aliphatic heterocycles. The van der Waals surface area contributed by atoms with E-state index in [1.807, 2.05) is 0 Å². The molecule has 104 valence electrons. The molecule has 0 radical (unpaired) electrons. The molecule has 0 heterocycles. The highest BCUT2D eigenvalue weighted by Gasteiger charge is 2.15. The normalized spacial score (nSPS) is 10.3. The number of carboxylic acid groups (broad SMARTS) is 1. The topological polar surface area (TPSA) is 72.5 Å². The van der Waals surface area contributed by atoms with Gasteiger partial charge in [-0.2, -0.15) is 0 Å². The molecule has 0 spiro atoms. The lowest BCUT2D eigenvalue weighted by Crippen LogP contribution is -2.03. The van der Waals surface area contributed by atoms with E-state index < -0.39 is 17.3 Å². The largest absolute Gasteiger partial charge is 0.478 e. The summed E-state index contributed by atoms with van der Waals surface area (Å²) < 4.78 is 19.0. The lowest BCUT2D eigenvalue weighted by atomic mass is 10.1. The maximum atomic E-state index is 13.6. The minimum absolute atomic E-state index is 0.0383. The number of ether oxygens (including phenoxy) is 1. The number of nitrogens with two attached hydrogens (primary N) is 1. The number of benzene rings is 2. The first kappa shape index (κ1) is 14.1. The van der Waals surface area contributed by atoms with Gasteiger partial charge in [0.25, 0.3) is 0 Å². The van der Waals surface area contributed by atoms with Gasteiger partial charge in [-0.3, -0.25) is 0 Å². The van der Waals surface area contributed by atoms with E-state index in [1.54, 1.807) is 25.1 Å². The van der Waals surface area contributed by atoms with Crippen molar-refractivity contribution in [3.63, 3.8) is 0 Å². The molecule has 6 heteroatoms. The minimum atomic E-state index is -1.39. The summed E-state index contributed by atoms with van der Waals surface area (Å²) in [5.74, 6) is -1.81. The Labute approximate surface area is 119 Å². The van der Waals surface area contributed by atoms with Crippen molar-refractivity contribution in [2.75, 3.05) is 5.73 Å². The fourth-order valence-corrected chi connectivity index (χ4v) is 1.75. The standard InChI is InChI=1S/C14H11ClFNO3/c1-7-4-8(2-3-10(7)15)20-13-6-11(16)9(14(18)19)5-12(13)17/h2-6H,17H2,1H3,(H,18,19). The van der Waals surface area contributed by atoms with Gasteiger partial charge in [-0.1, -0.05) is 11.6 Å². The average Bonchev–Trinajstić information content (AvgIpc) is 2.37. The Balaban J connectivity index is 2.36. The lowest BCUT2D eigenvalue weighted by Gasteiger charge is -2.11. The van der Waals surface area contributed by atoms with Crippen molar-refractivity contribution >= 4 is 23.3 Å². The van der Waals surface area contributed by atoms with Crippen LogP contribution < -0.4 is 10.5 Å². The van der Waals surface area contributed by atoms with E-state index in [1.165, 1.54) is 0 Å². The van der Waals surface area contributed by atoms with E-state index in [-0.39, 0.29) is 11.4 Å². The highest BCUT2D eigenvalue weighted by atomic mass is 35.5. The second-order valence-electron chi connectivity index (χ2n) is 4.19. The highest BCUT2D eigenvalue weighted by Crippen LogP contribution is 2.31. The lowest BCUT2D eigenvalue weighted by molar-refractivity contribution is 0.0692. The van der Waals surface area contributed by atoms with Gasteiger partial charge in [-0.15, -0.1) is 0 Å². The molecule has 2 aromatic rings. The fourth-order valence-electron chi connectivity index (χ4n) is 1.63. The molecule has 0 saturated heterocycles. The predicted octanol–water partition coefficient (Wildman–Crippen LogP) is 3.86. The van der Waals surface area contributed by atoms with E-state index in [0.717, 1.165) is 17.7 Å². The Morgan fingerprint density at radius 1 is 1.35 bits per heavy atom. The summed E-state index contributed by atoms with van der Waals surface area (Å²) in [6.07, 6.45) is 0. The number of hydrogen-bond donors (Lipinski definition) is 2. The third-order valence-electron chi connectivity index (χ3n) is 2.69. The number of aryl methyl sites for hydroxylation is 1. The Morgan fingerprint density at radius 3 is 2.65 bits per heavy atom. The Kier molecular flexibility index (Phi) is 3.81. The Hall–Kier alpha value is -2.27. The van der Waals surface area contributed by atoms with E-state index in [2.05, 4.69) is 0 Å². The smallest absolute Gasteiger partial charge is 0.338 e. The van der Waals surface area contributed by atoms with Gasteiger partial charge in [-0.05, 0) is 36.8 Å². The molecule has 3 N–H and O–H groups in total. The first-order valence-corrected chi connectivity index (χ1v) is 6.02. The molecule has 2 aromatic carbocycles. The van der Waals surface area contributed by atoms with Crippen molar-refractivity contribution in [1.82, 2.24) is 0 Å². The molecule has 0 saturated carbocycles. The zero-order valence-corrected chi connectivity index (χ0v) is 11.2. The summed E-state index contributed by atoms with van der Waals surface area (Å²) >= 11 is 5.89. The number of nitrogen functional groups attached to an aromatic ring is 1. The average molecular weight is 296 g/mol. The van der Waals surface area contributed by atoms with Gasteiger partial charge in [0.2, 0.25) is 0 Å². The number of anilines is 1. The number of aromatic carboxylic acids is 1. The van der Waals surface area contributed by atoms with Crippen molar-refractivity contribution < 1.29 is 19.0 Å². The van der Waals surface area contributed by atoms with Crippen LogP contribution in [0.2, 0.25) is 5.02 Å². The van der Waals surface area contributed by atoms with E-state index in [9.17, 15) is 9.18 Å². The maximum absolute atomic E-state index is 13.6. The molecule has 0 aromatic heterocycles. The molecular weight excluding hydrogens is 285 g/mol. The van der Waals surface area contributed by atoms with Gasteiger partial charge in [0.15, 0.2) is 5.75 Å². The number of carbonyl (C=O) groups is 1. The first-order chi connectivity index (χ1) is 9.38. The molecule has 4 nitrogen and oxygen atoms in total. The molecule has 0 aliphatic rings. The predicted molar refractivity (Wildman–Crippen MR) is 74.0 cm³/mol. The molecule has 0 fully saturated rings. The molecule has 2 rings (SSSR count). The van der Waals surface area contributed by atoms with Crippen LogP contribution in [0.5, 0.6) is 11.5 Å². The number of hydrogen-bond acceptors (Lipinski definition) is 3. The quantitative estimate of drug-likeness (QED) is 0.843. The van der Waals surface area contributed by atoms with Gasteiger partial charge in [0, 0.05) is 11.1 Å². The van der Waals surface area contributed by atoms with Crippen LogP contribution in [-0.2, 0) is 0 Å². The summed E-state index contributed by atoms with van der Waals surface area (Å²) in [5.41, 5.74) is 6.00. The van der Waals surface area contributed by atoms with Crippen LogP contribution in [0.25, 0.3) is 0 Å². The summed E-state index contributed by atoms with van der Waals surface area (Å²) in [7, 11) is 0. The number of carboxylic acids is 1. The van der Waals surface area contributed by atoms with Crippen LogP contribution in [0.1, 0.15) is 15.9 Å². The van der Waals surface area contributed by atoms with E-state index in [4.69, 9.17) is 27.2 Å². The van der Waals surface area contributed by atoms with Gasteiger partial charge in [0.1, 0.15) is 11.6 Å². The van der Waals surface area contributed by atoms with Crippen molar-refractivity contribution in [2.24, 2.45) is 0 Å². The van der Waals surface area contributed by atoms with Crippen LogP contribution in [0.3, 0.4) is 0 Å². The molecular formula is C14H11ClFNO3. The maximum Gasteiger partial charge on any atom is 0.338 e. The zero-order valence-electron chi connectivity index (χ0n) is 10.5. The Bertz CT molecular complexity index is 688. The van der Waals surface area contributed by atoms with Crippen LogP contribution in [0.15, 0.2) is 30.3 Å². The second-order valence-corrected chi connectivity index (χ2v) is 4.60. The first-order valence-electron chi connectivity index (χ1n) is 5.65. The molecule has 0 bridgehead atoms. The summed E-state index contributed by atoms with van der Waals surface area (Å²) in [5, 5.41) is 9.37. The van der Waals surface area contributed by atoms with E-state index in [0.29, 0.717) is 10.8 Å². The van der Waals surface area contributed by atoms with Crippen LogP contribution >= 0.6 is 11.6 Å². The molecule has 0 atom stereocenters. The molecule has 20 heavy (non-hydrogen) atoms. The molecule has 0 aliphatic carbocycles.